The van der Waals surface area contributed by atoms with Gasteiger partial charge in [0.2, 0.25) is 0 Å². The Hall–Kier alpha value is -0.930. The van der Waals surface area contributed by atoms with Gasteiger partial charge in [0.15, 0.2) is 0 Å². The van der Waals surface area contributed by atoms with E-state index in [4.69, 9.17) is 11.6 Å². The van der Waals surface area contributed by atoms with Gasteiger partial charge in [-0.05, 0) is 31.2 Å². The quantitative estimate of drug-likeness (QED) is 0.499. The van der Waals surface area contributed by atoms with E-state index in [1.54, 1.807) is 0 Å². The summed E-state index contributed by atoms with van der Waals surface area (Å²) in [5.74, 6) is 5.74. The molecule has 1 rings (SSSR count). The third-order valence-corrected chi connectivity index (χ3v) is 1.37. The van der Waals surface area contributed by atoms with E-state index in [0.717, 1.165) is 10.6 Å². The molecule has 0 aliphatic carbocycles. The lowest BCUT2D eigenvalue weighted by molar-refractivity contribution is 1.64. The molecule has 0 unspecified atom stereocenters. The van der Waals surface area contributed by atoms with Crippen LogP contribution < -0.4 is 0 Å². The maximum Gasteiger partial charge on any atom is 0.0406 e. The lowest BCUT2D eigenvalue weighted by Crippen LogP contribution is -1.70. The van der Waals surface area contributed by atoms with E-state index in [0.29, 0.717) is 0 Å². The Balaban J connectivity index is 2.97. The van der Waals surface area contributed by atoms with Crippen LogP contribution in [0.5, 0.6) is 0 Å². The van der Waals surface area contributed by atoms with Crippen molar-refractivity contribution in [3.63, 3.8) is 0 Å². The minimum Gasteiger partial charge on any atom is -0.101 e. The van der Waals surface area contributed by atoms with E-state index in [-0.39, 0.29) is 0 Å². The summed E-state index contributed by atoms with van der Waals surface area (Å²) in [4.78, 5) is 0. The van der Waals surface area contributed by atoms with Gasteiger partial charge in [-0.3, -0.25) is 0 Å². The number of halogens is 1. The second-order valence-corrected chi connectivity index (χ2v) is 2.32. The van der Waals surface area contributed by atoms with Gasteiger partial charge in [-0.15, -0.1) is 5.92 Å². The molecule has 0 radical (unpaired) electrons. The average Bonchev–Trinajstić information content (AvgIpc) is 1.95. The lowest BCUT2D eigenvalue weighted by Gasteiger charge is -1.88. The van der Waals surface area contributed by atoms with Crippen molar-refractivity contribution in [1.29, 1.82) is 0 Å². The van der Waals surface area contributed by atoms with Gasteiger partial charge in [0.25, 0.3) is 0 Å². The first-order valence-electron chi connectivity index (χ1n) is 3.01. The summed E-state index contributed by atoms with van der Waals surface area (Å²) in [5.41, 5.74) is 1.01. The Kier molecular flexibility index (Phi) is 2.36. The van der Waals surface area contributed by atoms with Crippen molar-refractivity contribution < 1.29 is 0 Å². The first-order valence-corrected chi connectivity index (χ1v) is 3.39. The van der Waals surface area contributed by atoms with Crippen LogP contribution in [0.15, 0.2) is 24.3 Å². The molecule has 0 saturated carbocycles. The summed E-state index contributed by atoms with van der Waals surface area (Å²) in [6.45, 7) is 1.81. The fraction of sp³-hybridized carbons (Fsp3) is 0.111. The van der Waals surface area contributed by atoms with E-state index in [9.17, 15) is 0 Å². The molecule has 0 aliphatic heterocycles. The van der Waals surface area contributed by atoms with Crippen molar-refractivity contribution in [3.8, 4) is 11.8 Å². The smallest absolute Gasteiger partial charge is 0.0406 e. The van der Waals surface area contributed by atoms with Crippen LogP contribution in [0.25, 0.3) is 0 Å². The summed E-state index contributed by atoms with van der Waals surface area (Å²) >= 11 is 5.66. The van der Waals surface area contributed by atoms with Gasteiger partial charge in [0.05, 0.1) is 0 Å². The number of rotatable bonds is 0. The highest BCUT2D eigenvalue weighted by Crippen LogP contribution is 2.07. The second-order valence-electron chi connectivity index (χ2n) is 1.88. The zero-order valence-corrected chi connectivity index (χ0v) is 6.44. The molecule has 0 aliphatic rings. The van der Waals surface area contributed by atoms with Gasteiger partial charge in [0.1, 0.15) is 0 Å². The fourth-order valence-electron chi connectivity index (χ4n) is 0.678. The molecule has 0 spiro atoms. The lowest BCUT2D eigenvalue weighted by atomic mass is 10.2. The Morgan fingerprint density at radius 3 is 2.30 bits per heavy atom. The van der Waals surface area contributed by atoms with E-state index < -0.39 is 0 Å². The van der Waals surface area contributed by atoms with Crippen molar-refractivity contribution in [3.05, 3.63) is 34.9 Å². The van der Waals surface area contributed by atoms with Gasteiger partial charge in [0, 0.05) is 10.6 Å². The monoisotopic (exact) mass is 150 g/mol. The molecule has 1 heteroatoms. The SMILES string of the molecule is CC#Cc1ccc(Cl)cc1. The molecular formula is C9H7Cl. The summed E-state index contributed by atoms with van der Waals surface area (Å²) in [6.07, 6.45) is 0. The van der Waals surface area contributed by atoms with E-state index in [1.807, 2.05) is 31.2 Å². The highest BCUT2D eigenvalue weighted by atomic mass is 35.5. The molecule has 0 fully saturated rings. The predicted octanol–water partition coefficient (Wildman–Crippen LogP) is 2.71. The standard InChI is InChI=1S/C9H7Cl/c1-2-3-8-4-6-9(10)7-5-8/h4-7H,1H3. The van der Waals surface area contributed by atoms with Crippen LogP contribution in [0.4, 0.5) is 0 Å². The van der Waals surface area contributed by atoms with Crippen molar-refractivity contribution in [1.82, 2.24) is 0 Å². The first-order chi connectivity index (χ1) is 4.83. The minimum absolute atomic E-state index is 0.752. The van der Waals surface area contributed by atoms with Gasteiger partial charge in [-0.25, -0.2) is 0 Å². The summed E-state index contributed by atoms with van der Waals surface area (Å²) in [6, 6.07) is 7.47. The second kappa shape index (κ2) is 3.29. The van der Waals surface area contributed by atoms with Crippen LogP contribution in [0.1, 0.15) is 12.5 Å². The third-order valence-electron chi connectivity index (χ3n) is 1.11. The molecule has 10 heavy (non-hydrogen) atoms. The minimum atomic E-state index is 0.752. The van der Waals surface area contributed by atoms with Crippen molar-refractivity contribution in [2.45, 2.75) is 6.92 Å². The van der Waals surface area contributed by atoms with E-state index >= 15 is 0 Å². The average molecular weight is 151 g/mol. The van der Waals surface area contributed by atoms with Crippen molar-refractivity contribution >= 4 is 11.6 Å². The van der Waals surface area contributed by atoms with Crippen LogP contribution in [-0.2, 0) is 0 Å². The topological polar surface area (TPSA) is 0 Å². The van der Waals surface area contributed by atoms with Crippen LogP contribution in [0.2, 0.25) is 5.02 Å². The van der Waals surface area contributed by atoms with Gasteiger partial charge < -0.3 is 0 Å². The molecule has 50 valence electrons. The maximum atomic E-state index is 5.66. The Morgan fingerprint density at radius 1 is 1.20 bits per heavy atom. The molecule has 0 heterocycles. The Bertz CT molecular complexity index is 261. The molecule has 0 aromatic heterocycles. The van der Waals surface area contributed by atoms with Gasteiger partial charge in [-0.2, -0.15) is 0 Å². The number of hydrogen-bond donors (Lipinski definition) is 0. The third kappa shape index (κ3) is 1.79. The fourth-order valence-corrected chi connectivity index (χ4v) is 0.804. The van der Waals surface area contributed by atoms with Crippen LogP contribution in [0, 0.1) is 11.8 Å². The molecular weight excluding hydrogens is 144 g/mol. The molecule has 0 amide bonds. The number of hydrogen-bond acceptors (Lipinski definition) is 0. The summed E-state index contributed by atoms with van der Waals surface area (Å²) < 4.78 is 0. The normalized spacial score (nSPS) is 8.20. The van der Waals surface area contributed by atoms with Crippen LogP contribution >= 0.6 is 11.6 Å². The zero-order chi connectivity index (χ0) is 7.40. The van der Waals surface area contributed by atoms with Crippen molar-refractivity contribution in [2.24, 2.45) is 0 Å². The number of benzene rings is 1. The van der Waals surface area contributed by atoms with E-state index in [2.05, 4.69) is 11.8 Å². The summed E-state index contributed by atoms with van der Waals surface area (Å²) in [7, 11) is 0. The van der Waals surface area contributed by atoms with Gasteiger partial charge in [-0.1, -0.05) is 17.5 Å². The molecule has 0 N–H and O–H groups in total. The van der Waals surface area contributed by atoms with Crippen LogP contribution in [-0.4, -0.2) is 0 Å². The largest absolute Gasteiger partial charge is 0.101 e. The highest BCUT2D eigenvalue weighted by molar-refractivity contribution is 6.30. The zero-order valence-electron chi connectivity index (χ0n) is 5.69. The van der Waals surface area contributed by atoms with E-state index in [1.165, 1.54) is 0 Å². The van der Waals surface area contributed by atoms with Gasteiger partial charge >= 0.3 is 0 Å². The molecule has 0 saturated heterocycles. The molecule has 0 atom stereocenters. The van der Waals surface area contributed by atoms with Crippen molar-refractivity contribution in [2.75, 3.05) is 0 Å². The molecule has 1 aromatic carbocycles. The summed E-state index contributed by atoms with van der Waals surface area (Å²) in [5, 5.41) is 0.752. The molecule has 1 aromatic rings. The molecule has 0 bridgehead atoms. The maximum absolute atomic E-state index is 5.66. The van der Waals surface area contributed by atoms with Crippen LogP contribution in [0.3, 0.4) is 0 Å². The Labute approximate surface area is 65.8 Å². The highest BCUT2D eigenvalue weighted by Gasteiger charge is 1.85. The predicted molar refractivity (Wildman–Crippen MR) is 44.0 cm³/mol. The first kappa shape index (κ1) is 7.18. The molecule has 0 nitrogen and oxygen atoms in total. The Morgan fingerprint density at radius 2 is 1.80 bits per heavy atom.